The average molecular weight is 296 g/mol. The van der Waals surface area contributed by atoms with E-state index in [1.807, 2.05) is 31.3 Å². The number of nitrogens with zero attached hydrogens (tertiary/aromatic N) is 3. The Labute approximate surface area is 108 Å². The molecule has 2 rings (SSSR count). The molecule has 1 unspecified atom stereocenters. The zero-order valence-corrected chi connectivity index (χ0v) is 11.1. The molecule has 17 heavy (non-hydrogen) atoms. The largest absolute Gasteiger partial charge is 0.271 e. The van der Waals surface area contributed by atoms with E-state index in [4.69, 9.17) is 5.84 Å². The number of rotatable bonds is 4. The highest BCUT2D eigenvalue weighted by Gasteiger charge is 2.13. The Kier molecular flexibility index (Phi) is 3.88. The van der Waals surface area contributed by atoms with Gasteiger partial charge < -0.3 is 0 Å². The number of nitrogens with two attached hydrogens (primary N) is 1. The van der Waals surface area contributed by atoms with Gasteiger partial charge in [-0.15, -0.1) is 0 Å². The van der Waals surface area contributed by atoms with Crippen LogP contribution in [0.3, 0.4) is 0 Å². The lowest BCUT2D eigenvalue weighted by Crippen LogP contribution is -2.30. The molecule has 0 bridgehead atoms. The summed E-state index contributed by atoms with van der Waals surface area (Å²) in [5, 5.41) is 4.04. The second kappa shape index (κ2) is 5.39. The first kappa shape index (κ1) is 12.2. The van der Waals surface area contributed by atoms with Crippen molar-refractivity contribution in [1.29, 1.82) is 0 Å². The van der Waals surface area contributed by atoms with Gasteiger partial charge in [0.2, 0.25) is 0 Å². The van der Waals surface area contributed by atoms with Gasteiger partial charge in [-0.2, -0.15) is 5.10 Å². The van der Waals surface area contributed by atoms with Crippen LogP contribution in [-0.2, 0) is 13.5 Å². The molecule has 0 aliphatic carbocycles. The van der Waals surface area contributed by atoms with Crippen LogP contribution in [0.15, 0.2) is 35.1 Å². The highest BCUT2D eigenvalue weighted by molar-refractivity contribution is 9.10. The minimum Gasteiger partial charge on any atom is -0.271 e. The van der Waals surface area contributed by atoms with Gasteiger partial charge in [0.15, 0.2) is 0 Å². The summed E-state index contributed by atoms with van der Waals surface area (Å²) in [6, 6.07) is 8.09. The molecule has 0 fully saturated rings. The van der Waals surface area contributed by atoms with Crippen molar-refractivity contribution in [2.24, 2.45) is 12.9 Å². The zero-order chi connectivity index (χ0) is 12.3. The standard InChI is InChI=1S/C11H14BrN5/c1-17-11(14-7-15-17)6-10(16-13)8-2-4-9(12)5-3-8/h2-5,7,10,16H,6,13H2,1H3. The van der Waals surface area contributed by atoms with Crippen molar-refractivity contribution in [3.8, 4) is 0 Å². The fraction of sp³-hybridized carbons (Fsp3) is 0.273. The van der Waals surface area contributed by atoms with E-state index in [9.17, 15) is 0 Å². The van der Waals surface area contributed by atoms with E-state index in [1.165, 1.54) is 0 Å². The molecule has 3 N–H and O–H groups in total. The smallest absolute Gasteiger partial charge is 0.138 e. The molecule has 5 nitrogen and oxygen atoms in total. The van der Waals surface area contributed by atoms with Gasteiger partial charge in [-0.25, -0.2) is 4.98 Å². The van der Waals surface area contributed by atoms with Crippen LogP contribution >= 0.6 is 15.9 Å². The number of nitrogens with one attached hydrogen (secondary N) is 1. The molecule has 0 aliphatic rings. The van der Waals surface area contributed by atoms with E-state index in [0.29, 0.717) is 6.42 Å². The van der Waals surface area contributed by atoms with Gasteiger partial charge in [-0.05, 0) is 17.7 Å². The van der Waals surface area contributed by atoms with Crippen molar-refractivity contribution in [2.75, 3.05) is 0 Å². The molecule has 1 aromatic heterocycles. The van der Waals surface area contributed by atoms with Gasteiger partial charge in [-0.3, -0.25) is 16.0 Å². The van der Waals surface area contributed by atoms with E-state index < -0.39 is 0 Å². The van der Waals surface area contributed by atoms with E-state index in [0.717, 1.165) is 15.9 Å². The molecule has 0 saturated heterocycles. The lowest BCUT2D eigenvalue weighted by Gasteiger charge is -2.15. The van der Waals surface area contributed by atoms with Crippen LogP contribution in [0.25, 0.3) is 0 Å². The highest BCUT2D eigenvalue weighted by Crippen LogP contribution is 2.19. The summed E-state index contributed by atoms with van der Waals surface area (Å²) >= 11 is 3.41. The van der Waals surface area contributed by atoms with Crippen LogP contribution in [0.4, 0.5) is 0 Å². The summed E-state index contributed by atoms with van der Waals surface area (Å²) in [7, 11) is 1.87. The molecule has 2 aromatic rings. The van der Waals surface area contributed by atoms with Gasteiger partial charge in [0, 0.05) is 17.9 Å². The van der Waals surface area contributed by atoms with E-state index in [1.54, 1.807) is 11.0 Å². The Morgan fingerprint density at radius 1 is 1.41 bits per heavy atom. The predicted molar refractivity (Wildman–Crippen MR) is 68.9 cm³/mol. The monoisotopic (exact) mass is 295 g/mol. The van der Waals surface area contributed by atoms with Gasteiger partial charge in [0.05, 0.1) is 6.04 Å². The molecule has 0 spiro atoms. The first-order valence-electron chi connectivity index (χ1n) is 5.25. The molecular weight excluding hydrogens is 282 g/mol. The van der Waals surface area contributed by atoms with Crippen molar-refractivity contribution in [1.82, 2.24) is 20.2 Å². The number of benzene rings is 1. The van der Waals surface area contributed by atoms with E-state index >= 15 is 0 Å². The van der Waals surface area contributed by atoms with Crippen molar-refractivity contribution >= 4 is 15.9 Å². The third kappa shape index (κ3) is 2.91. The SMILES string of the molecule is Cn1ncnc1CC(NN)c1ccc(Br)cc1. The molecule has 0 amide bonds. The van der Waals surface area contributed by atoms with Gasteiger partial charge in [0.25, 0.3) is 0 Å². The van der Waals surface area contributed by atoms with Gasteiger partial charge >= 0.3 is 0 Å². The minimum absolute atomic E-state index is 0.0333. The Bertz CT molecular complexity index is 479. The average Bonchev–Trinajstić information content (AvgIpc) is 2.73. The third-order valence-electron chi connectivity index (χ3n) is 2.67. The van der Waals surface area contributed by atoms with E-state index in [-0.39, 0.29) is 6.04 Å². The minimum atomic E-state index is 0.0333. The normalized spacial score (nSPS) is 12.6. The molecule has 1 atom stereocenters. The number of aryl methyl sites for hydroxylation is 1. The summed E-state index contributed by atoms with van der Waals surface area (Å²) in [6.45, 7) is 0. The summed E-state index contributed by atoms with van der Waals surface area (Å²) in [6.07, 6.45) is 2.25. The number of hydrazine groups is 1. The molecule has 1 aromatic carbocycles. The van der Waals surface area contributed by atoms with Crippen LogP contribution < -0.4 is 11.3 Å². The fourth-order valence-electron chi connectivity index (χ4n) is 1.66. The highest BCUT2D eigenvalue weighted by atomic mass is 79.9. The van der Waals surface area contributed by atoms with Crippen LogP contribution in [0.5, 0.6) is 0 Å². The maximum atomic E-state index is 5.59. The summed E-state index contributed by atoms with van der Waals surface area (Å²) in [5.74, 6) is 6.49. The Hall–Kier alpha value is -1.24. The van der Waals surface area contributed by atoms with Gasteiger partial charge in [0.1, 0.15) is 12.2 Å². The first-order valence-corrected chi connectivity index (χ1v) is 6.04. The lowest BCUT2D eigenvalue weighted by molar-refractivity contribution is 0.523. The summed E-state index contributed by atoms with van der Waals surface area (Å²) in [5.41, 5.74) is 3.93. The van der Waals surface area contributed by atoms with Crippen LogP contribution in [0.1, 0.15) is 17.4 Å². The molecule has 6 heteroatoms. The first-order chi connectivity index (χ1) is 8.20. The summed E-state index contributed by atoms with van der Waals surface area (Å²) in [4.78, 5) is 4.19. The number of hydrogen-bond donors (Lipinski definition) is 2. The van der Waals surface area contributed by atoms with Crippen LogP contribution in [0.2, 0.25) is 0 Å². The number of aromatic nitrogens is 3. The van der Waals surface area contributed by atoms with Gasteiger partial charge in [-0.1, -0.05) is 28.1 Å². The van der Waals surface area contributed by atoms with Crippen molar-refractivity contribution in [3.63, 3.8) is 0 Å². The maximum Gasteiger partial charge on any atom is 0.138 e. The Morgan fingerprint density at radius 3 is 2.65 bits per heavy atom. The lowest BCUT2D eigenvalue weighted by atomic mass is 10.0. The second-order valence-electron chi connectivity index (χ2n) is 3.77. The third-order valence-corrected chi connectivity index (χ3v) is 3.19. The molecule has 0 aliphatic heterocycles. The van der Waals surface area contributed by atoms with Crippen molar-refractivity contribution < 1.29 is 0 Å². The molecule has 90 valence electrons. The maximum absolute atomic E-state index is 5.59. The predicted octanol–water partition coefficient (Wildman–Crippen LogP) is 1.32. The van der Waals surface area contributed by atoms with Crippen molar-refractivity contribution in [3.05, 3.63) is 46.5 Å². The van der Waals surface area contributed by atoms with E-state index in [2.05, 4.69) is 31.4 Å². The summed E-state index contributed by atoms with van der Waals surface area (Å²) < 4.78 is 2.80. The molecule has 1 heterocycles. The Morgan fingerprint density at radius 2 is 2.12 bits per heavy atom. The quantitative estimate of drug-likeness (QED) is 0.659. The topological polar surface area (TPSA) is 68.8 Å². The zero-order valence-electron chi connectivity index (χ0n) is 9.47. The van der Waals surface area contributed by atoms with Crippen molar-refractivity contribution in [2.45, 2.75) is 12.5 Å². The Balaban J connectivity index is 2.17. The number of hydrogen-bond acceptors (Lipinski definition) is 4. The molecule has 0 saturated carbocycles. The molecular formula is C11H14BrN5. The fourth-order valence-corrected chi connectivity index (χ4v) is 1.92. The number of halogens is 1. The van der Waals surface area contributed by atoms with Crippen LogP contribution in [0, 0.1) is 0 Å². The molecule has 0 radical (unpaired) electrons. The second-order valence-corrected chi connectivity index (χ2v) is 4.69. The van der Waals surface area contributed by atoms with Crippen LogP contribution in [-0.4, -0.2) is 14.8 Å².